The standard InChI is InChI=1S/C22H24N6O5/c1-3-4-10-28-19-18(20(30)25-22(28)32)26(2)16(24-19)12-33-17(29)9-11-27-13-23-15-8-6-5-7-14(15)21(27)31/h5-8,13H,3-4,9-12H2,1-2H3,(H,25,30,32). The van der Waals surface area contributed by atoms with Gasteiger partial charge < -0.3 is 9.30 Å². The zero-order valence-electron chi connectivity index (χ0n) is 18.4. The predicted octanol–water partition coefficient (Wildman–Crippen LogP) is 1.07. The van der Waals surface area contributed by atoms with Gasteiger partial charge in [-0.15, -0.1) is 0 Å². The molecule has 1 N–H and O–H groups in total. The Kier molecular flexibility index (Phi) is 6.20. The molecule has 0 aliphatic carbocycles. The molecular formula is C22H24N6O5. The van der Waals surface area contributed by atoms with Gasteiger partial charge in [0.25, 0.3) is 11.1 Å². The largest absolute Gasteiger partial charge is 0.457 e. The van der Waals surface area contributed by atoms with Crippen molar-refractivity contribution in [2.45, 2.75) is 45.9 Å². The zero-order chi connectivity index (χ0) is 23.5. The minimum Gasteiger partial charge on any atom is -0.457 e. The molecule has 0 fully saturated rings. The number of nitrogens with zero attached hydrogens (tertiary/aromatic N) is 5. The molecule has 0 radical (unpaired) electrons. The van der Waals surface area contributed by atoms with Crippen molar-refractivity contribution in [2.75, 3.05) is 0 Å². The van der Waals surface area contributed by atoms with E-state index in [0.29, 0.717) is 23.3 Å². The number of hydrogen-bond acceptors (Lipinski definition) is 7. The molecule has 33 heavy (non-hydrogen) atoms. The maximum Gasteiger partial charge on any atom is 0.330 e. The second kappa shape index (κ2) is 9.23. The molecule has 0 saturated heterocycles. The van der Waals surface area contributed by atoms with Crippen molar-refractivity contribution in [3.05, 3.63) is 67.6 Å². The van der Waals surface area contributed by atoms with E-state index >= 15 is 0 Å². The summed E-state index contributed by atoms with van der Waals surface area (Å²) in [4.78, 5) is 60.3. The van der Waals surface area contributed by atoms with Crippen LogP contribution in [-0.2, 0) is 36.3 Å². The number of aromatic amines is 1. The first-order valence-corrected chi connectivity index (χ1v) is 10.7. The van der Waals surface area contributed by atoms with Crippen molar-refractivity contribution in [3.63, 3.8) is 0 Å². The van der Waals surface area contributed by atoms with Gasteiger partial charge in [-0.25, -0.2) is 14.8 Å². The van der Waals surface area contributed by atoms with Gasteiger partial charge >= 0.3 is 11.7 Å². The van der Waals surface area contributed by atoms with E-state index in [1.165, 1.54) is 20.0 Å². The normalized spacial score (nSPS) is 11.3. The molecule has 11 nitrogen and oxygen atoms in total. The fraction of sp³-hybridized carbons (Fsp3) is 0.364. The van der Waals surface area contributed by atoms with Crippen molar-refractivity contribution in [2.24, 2.45) is 7.05 Å². The van der Waals surface area contributed by atoms with Gasteiger partial charge in [-0.3, -0.25) is 28.5 Å². The summed E-state index contributed by atoms with van der Waals surface area (Å²) in [5.74, 6) is -0.191. The van der Waals surface area contributed by atoms with Crippen LogP contribution in [0, 0.1) is 0 Å². The molecule has 4 aromatic rings. The Labute approximate surface area is 187 Å². The molecule has 0 spiro atoms. The lowest BCUT2D eigenvalue weighted by atomic mass is 10.2. The molecule has 1 aromatic carbocycles. The number of carbonyl (C=O) groups is 1. The van der Waals surface area contributed by atoms with Crippen LogP contribution in [0.3, 0.4) is 0 Å². The number of benzene rings is 1. The fourth-order valence-electron chi connectivity index (χ4n) is 3.64. The minimum absolute atomic E-state index is 0.0361. The molecule has 0 aliphatic rings. The van der Waals surface area contributed by atoms with E-state index in [1.54, 1.807) is 31.3 Å². The highest BCUT2D eigenvalue weighted by atomic mass is 16.5. The molecular weight excluding hydrogens is 428 g/mol. The summed E-state index contributed by atoms with van der Waals surface area (Å²) >= 11 is 0. The Bertz CT molecular complexity index is 1510. The maximum atomic E-state index is 12.5. The first kappa shape index (κ1) is 22.2. The molecule has 3 heterocycles. The van der Waals surface area contributed by atoms with Crippen LogP contribution < -0.4 is 16.8 Å². The molecule has 0 saturated carbocycles. The Balaban J connectivity index is 1.48. The maximum absolute atomic E-state index is 12.5. The van der Waals surface area contributed by atoms with E-state index in [2.05, 4.69) is 15.0 Å². The molecule has 0 bridgehead atoms. The number of nitrogens with one attached hydrogen (secondary N) is 1. The van der Waals surface area contributed by atoms with Crippen LogP contribution in [0.15, 0.2) is 45.0 Å². The van der Waals surface area contributed by atoms with Gasteiger partial charge in [0.2, 0.25) is 0 Å². The molecule has 0 aliphatic heterocycles. The lowest BCUT2D eigenvalue weighted by Gasteiger charge is -2.07. The van der Waals surface area contributed by atoms with Gasteiger partial charge in [-0.2, -0.15) is 0 Å². The summed E-state index contributed by atoms with van der Waals surface area (Å²) in [6, 6.07) is 6.99. The monoisotopic (exact) mass is 452 g/mol. The lowest BCUT2D eigenvalue weighted by molar-refractivity contribution is -0.145. The van der Waals surface area contributed by atoms with Crippen molar-refractivity contribution in [1.29, 1.82) is 0 Å². The second-order valence-electron chi connectivity index (χ2n) is 7.69. The van der Waals surface area contributed by atoms with Crippen molar-refractivity contribution < 1.29 is 9.53 Å². The number of aromatic nitrogens is 6. The van der Waals surface area contributed by atoms with Crippen LogP contribution in [0.4, 0.5) is 0 Å². The minimum atomic E-state index is -0.543. The number of esters is 1. The highest BCUT2D eigenvalue weighted by Crippen LogP contribution is 2.12. The number of fused-ring (bicyclic) bond motifs is 2. The van der Waals surface area contributed by atoms with Gasteiger partial charge in [0.05, 0.1) is 23.7 Å². The summed E-state index contributed by atoms with van der Waals surface area (Å²) in [5, 5.41) is 0.479. The van der Waals surface area contributed by atoms with E-state index < -0.39 is 17.2 Å². The number of imidazole rings is 1. The molecule has 4 rings (SSSR count). The van der Waals surface area contributed by atoms with E-state index in [4.69, 9.17) is 4.74 Å². The number of carbonyl (C=O) groups excluding carboxylic acids is 1. The van der Waals surface area contributed by atoms with E-state index in [0.717, 1.165) is 12.8 Å². The van der Waals surface area contributed by atoms with Gasteiger partial charge in [-0.05, 0) is 18.6 Å². The van der Waals surface area contributed by atoms with Gasteiger partial charge in [-0.1, -0.05) is 25.5 Å². The highest BCUT2D eigenvalue weighted by Gasteiger charge is 2.17. The van der Waals surface area contributed by atoms with E-state index in [1.807, 2.05) is 6.92 Å². The van der Waals surface area contributed by atoms with Crippen LogP contribution in [-0.4, -0.2) is 34.6 Å². The molecule has 11 heteroatoms. The van der Waals surface area contributed by atoms with E-state index in [-0.39, 0.29) is 36.3 Å². The van der Waals surface area contributed by atoms with Gasteiger partial charge in [0.1, 0.15) is 12.4 Å². The Morgan fingerprint density at radius 2 is 1.94 bits per heavy atom. The average molecular weight is 452 g/mol. The van der Waals surface area contributed by atoms with Crippen molar-refractivity contribution >= 4 is 28.0 Å². The van der Waals surface area contributed by atoms with Crippen molar-refractivity contribution in [1.82, 2.24) is 28.7 Å². The van der Waals surface area contributed by atoms with E-state index in [9.17, 15) is 19.2 Å². The number of ether oxygens (including phenoxy) is 1. The van der Waals surface area contributed by atoms with Crippen LogP contribution in [0.2, 0.25) is 0 Å². The lowest BCUT2D eigenvalue weighted by Crippen LogP contribution is -2.31. The zero-order valence-corrected chi connectivity index (χ0v) is 18.4. The Morgan fingerprint density at radius 1 is 1.15 bits per heavy atom. The summed E-state index contributed by atoms with van der Waals surface area (Å²) in [7, 11) is 1.63. The van der Waals surface area contributed by atoms with Crippen LogP contribution in [0.25, 0.3) is 22.1 Å². The summed E-state index contributed by atoms with van der Waals surface area (Å²) < 4.78 is 9.62. The number of rotatable bonds is 8. The first-order valence-electron chi connectivity index (χ1n) is 10.7. The molecule has 172 valence electrons. The first-order chi connectivity index (χ1) is 15.9. The van der Waals surface area contributed by atoms with Crippen molar-refractivity contribution in [3.8, 4) is 0 Å². The van der Waals surface area contributed by atoms with Crippen LogP contribution in [0.5, 0.6) is 0 Å². The smallest absolute Gasteiger partial charge is 0.330 e. The van der Waals surface area contributed by atoms with Gasteiger partial charge in [0, 0.05) is 20.1 Å². The van der Waals surface area contributed by atoms with Gasteiger partial charge in [0.15, 0.2) is 11.2 Å². The number of H-pyrrole nitrogens is 1. The number of para-hydroxylation sites is 1. The Morgan fingerprint density at radius 3 is 2.73 bits per heavy atom. The quantitative estimate of drug-likeness (QED) is 0.395. The predicted molar refractivity (Wildman–Crippen MR) is 121 cm³/mol. The number of unbranched alkanes of at least 4 members (excludes halogenated alkanes) is 1. The molecule has 0 atom stereocenters. The molecule has 0 amide bonds. The topological polar surface area (TPSA) is 134 Å². The van der Waals surface area contributed by atoms with Crippen LogP contribution in [0.1, 0.15) is 32.0 Å². The molecule has 0 unspecified atom stereocenters. The number of aryl methyl sites for hydroxylation is 3. The SMILES string of the molecule is CCCCn1c(=O)[nH]c(=O)c2c1nc(COC(=O)CCn1cnc3ccccc3c1=O)n2C. The summed E-state index contributed by atoms with van der Waals surface area (Å²) in [6.07, 6.45) is 3.00. The average Bonchev–Trinajstić information content (AvgIpc) is 3.13. The summed E-state index contributed by atoms with van der Waals surface area (Å²) in [5.41, 5.74) is -0.191. The highest BCUT2D eigenvalue weighted by molar-refractivity contribution is 5.77. The molecule has 3 aromatic heterocycles. The number of hydrogen-bond donors (Lipinski definition) is 1. The third-order valence-electron chi connectivity index (χ3n) is 5.49. The van der Waals surface area contributed by atoms with Crippen LogP contribution >= 0.6 is 0 Å². The third-order valence-corrected chi connectivity index (χ3v) is 5.49. The second-order valence-corrected chi connectivity index (χ2v) is 7.69. The fourth-order valence-corrected chi connectivity index (χ4v) is 3.64. The Hall–Kier alpha value is -4.02. The summed E-state index contributed by atoms with van der Waals surface area (Å²) in [6.45, 7) is 2.37. The third kappa shape index (κ3) is 4.34.